The van der Waals surface area contributed by atoms with Gasteiger partial charge in [0.05, 0.1) is 75.7 Å². The quantitative estimate of drug-likeness (QED) is 0.0287. The largest absolute Gasteiger partial charge is 0.497 e. The van der Waals surface area contributed by atoms with Gasteiger partial charge in [-0.3, -0.25) is 29.0 Å². The van der Waals surface area contributed by atoms with Crippen molar-refractivity contribution in [2.75, 3.05) is 82.5 Å². The molecule has 5 aliphatic heterocycles. The number of hydrogen-bond donors (Lipinski definition) is 2. The highest BCUT2D eigenvalue weighted by Gasteiger charge is 2.60. The number of methoxy groups -OCH3 is 3. The van der Waals surface area contributed by atoms with Crippen molar-refractivity contribution in [1.82, 2.24) is 20.0 Å². The fraction of sp³-hybridized carbons (Fsp3) is 0.479. The van der Waals surface area contributed by atoms with Crippen LogP contribution in [0.2, 0.25) is 18.1 Å². The van der Waals surface area contributed by atoms with E-state index in [-0.39, 0.29) is 113 Å². The molecular formula is C71H89N7O16Si. The lowest BCUT2D eigenvalue weighted by atomic mass is 10.0. The number of carbonyl (C=O) groups excluding carboxylic acids is 7. The molecule has 10 rings (SSSR count). The van der Waals surface area contributed by atoms with E-state index in [4.69, 9.17) is 42.3 Å². The van der Waals surface area contributed by atoms with E-state index in [9.17, 15) is 24.0 Å². The zero-order valence-electron chi connectivity index (χ0n) is 56.1. The number of amides is 7. The second-order valence-electron chi connectivity index (χ2n) is 27.0. The van der Waals surface area contributed by atoms with Crippen molar-refractivity contribution in [2.45, 2.75) is 141 Å². The number of ether oxygens (including phenoxy) is 8. The van der Waals surface area contributed by atoms with Crippen molar-refractivity contribution in [3.05, 3.63) is 127 Å². The van der Waals surface area contributed by atoms with Gasteiger partial charge in [0.2, 0.25) is 11.8 Å². The van der Waals surface area contributed by atoms with Crippen LogP contribution in [0.3, 0.4) is 0 Å². The summed E-state index contributed by atoms with van der Waals surface area (Å²) < 4.78 is 54.4. The second kappa shape index (κ2) is 28.9. The van der Waals surface area contributed by atoms with Crippen LogP contribution in [-0.2, 0) is 34.8 Å². The van der Waals surface area contributed by atoms with Gasteiger partial charge in [0.15, 0.2) is 37.5 Å². The molecule has 1 spiro atoms. The Morgan fingerprint density at radius 1 is 0.768 bits per heavy atom. The monoisotopic (exact) mass is 1320 g/mol. The lowest BCUT2D eigenvalue weighted by molar-refractivity contribution is -0.129. The lowest BCUT2D eigenvalue weighted by Gasteiger charge is -2.44. The Morgan fingerprint density at radius 2 is 1.40 bits per heavy atom. The normalized spacial score (nSPS) is 19.7. The molecule has 7 amide bonds. The molecule has 5 atom stereocenters. The predicted octanol–water partition coefficient (Wildman–Crippen LogP) is 11.7. The van der Waals surface area contributed by atoms with E-state index >= 15 is 9.59 Å². The first-order chi connectivity index (χ1) is 45.4. The molecule has 1 aliphatic carbocycles. The molecule has 24 heteroatoms. The third kappa shape index (κ3) is 15.1. The van der Waals surface area contributed by atoms with Gasteiger partial charge in [0.25, 0.3) is 11.8 Å². The van der Waals surface area contributed by atoms with Crippen LogP contribution >= 0.6 is 0 Å². The maximum absolute atomic E-state index is 15.3. The van der Waals surface area contributed by atoms with E-state index in [1.54, 1.807) is 60.5 Å². The van der Waals surface area contributed by atoms with Gasteiger partial charge in [-0.1, -0.05) is 84.2 Å². The van der Waals surface area contributed by atoms with Crippen LogP contribution in [0.4, 0.5) is 31.4 Å². The molecule has 4 aromatic rings. The summed E-state index contributed by atoms with van der Waals surface area (Å²) in [4.78, 5) is 107. The number of hydrogen-bond acceptors (Lipinski definition) is 16. The Bertz CT molecular complexity index is 3600. The van der Waals surface area contributed by atoms with Gasteiger partial charge < -0.3 is 62.8 Å². The zero-order valence-corrected chi connectivity index (χ0v) is 57.1. The summed E-state index contributed by atoms with van der Waals surface area (Å²) >= 11 is 0. The molecule has 2 saturated heterocycles. The molecule has 5 heterocycles. The summed E-state index contributed by atoms with van der Waals surface area (Å²) in [5.41, 5.74) is 3.72. The van der Waals surface area contributed by atoms with Gasteiger partial charge in [-0.15, -0.1) is 0 Å². The third-order valence-corrected chi connectivity index (χ3v) is 23.4. The SMILES string of the molecule is C=CCOC(=O)N1C[C@@H]2CC(c3ccc(OC)cc3)=CN2C(=O)c2cc(OC)c(OCCCOc3cc4c(cc3OC)C(=O)N3CC5(CC5)C[C@H]3C(O[Si](C)(C)C(C)(C)C)N4C(=O)OCc3ccc(NC(=O)[C@H](CC(C)C)NC(=O)[C@@H]4CCCN4C(=O)OCC=C)cc3)cc21. The Balaban J connectivity index is 0.872. The van der Waals surface area contributed by atoms with Crippen LogP contribution < -0.4 is 44.1 Å². The molecule has 0 bridgehead atoms. The van der Waals surface area contributed by atoms with Gasteiger partial charge in [0, 0.05) is 43.5 Å². The lowest BCUT2D eigenvalue weighted by Crippen LogP contribution is -2.58. The van der Waals surface area contributed by atoms with Crippen molar-refractivity contribution in [3.63, 3.8) is 0 Å². The third-order valence-electron chi connectivity index (χ3n) is 19.0. The van der Waals surface area contributed by atoms with E-state index in [0.29, 0.717) is 68.6 Å². The average Bonchev–Trinajstić information content (AvgIpc) is 1.57. The van der Waals surface area contributed by atoms with E-state index < -0.39 is 68.8 Å². The fourth-order valence-corrected chi connectivity index (χ4v) is 13.9. The zero-order chi connectivity index (χ0) is 68.1. The molecule has 0 radical (unpaired) electrons. The summed E-state index contributed by atoms with van der Waals surface area (Å²) in [6, 6.07) is 18.2. The highest BCUT2D eigenvalue weighted by Crippen LogP contribution is 2.58. The molecule has 508 valence electrons. The minimum Gasteiger partial charge on any atom is -0.497 e. The Labute approximate surface area is 556 Å². The standard InChI is InChI=1S/C71H89N7O16Si/c1-13-29-91-67(83)74-28-15-17-54(74)63(80)73-53(33-44(3)4)62(79)72-48-22-18-45(19-23-48)42-93-69(85)78-56-38-61(59(88-10)36-52(56)65(82)77-43-71(26-27-71)39-57(77)66(78)94-95(11,12)70(5,6)7)90-32-16-31-89-60-37-55-51(35-58(60)87-9)64(81)75-40-47(46-20-24-50(86-8)25-21-46)34-49(75)41-76(55)68(84)92-30-14-2/h13-14,18-25,35-38,40,44,49,53-54,57,66H,1-2,15-17,26-34,39,41-43H2,3-12H3,(H,72,79)(H,73,80)/t49-,53-,54-,57-,66?/m0/s1. The van der Waals surface area contributed by atoms with Gasteiger partial charge >= 0.3 is 18.3 Å². The molecule has 95 heavy (non-hydrogen) atoms. The summed E-state index contributed by atoms with van der Waals surface area (Å²) in [6.45, 7) is 22.7. The van der Waals surface area contributed by atoms with E-state index in [0.717, 1.165) is 24.0 Å². The predicted molar refractivity (Wildman–Crippen MR) is 360 cm³/mol. The number of rotatable bonds is 24. The Hall–Kier alpha value is -9.03. The average molecular weight is 1320 g/mol. The van der Waals surface area contributed by atoms with Crippen molar-refractivity contribution in [1.29, 1.82) is 0 Å². The van der Waals surface area contributed by atoms with E-state index in [2.05, 4.69) is 57.7 Å². The number of fused-ring (bicyclic) bond motifs is 4. The molecule has 1 saturated carbocycles. The molecule has 23 nitrogen and oxygen atoms in total. The number of nitrogens with one attached hydrogen (secondary N) is 2. The number of anilines is 3. The minimum atomic E-state index is -2.73. The van der Waals surface area contributed by atoms with Crippen molar-refractivity contribution < 1.29 is 75.9 Å². The summed E-state index contributed by atoms with van der Waals surface area (Å²) in [5.74, 6) is 0.281. The van der Waals surface area contributed by atoms with Crippen LogP contribution in [0, 0.1) is 11.3 Å². The van der Waals surface area contributed by atoms with Crippen LogP contribution in [0.25, 0.3) is 5.57 Å². The van der Waals surface area contributed by atoms with Gasteiger partial charge in [-0.05, 0) is 128 Å². The maximum Gasteiger partial charge on any atom is 0.416 e. The number of benzene rings is 4. The van der Waals surface area contributed by atoms with Crippen LogP contribution in [-0.4, -0.2) is 163 Å². The Morgan fingerprint density at radius 3 is 2.00 bits per heavy atom. The number of nitrogens with zero attached hydrogens (tertiary/aromatic N) is 5. The highest BCUT2D eigenvalue weighted by molar-refractivity contribution is 6.74. The van der Waals surface area contributed by atoms with Gasteiger partial charge in [-0.2, -0.15) is 0 Å². The van der Waals surface area contributed by atoms with Crippen molar-refractivity contribution in [3.8, 4) is 28.7 Å². The van der Waals surface area contributed by atoms with E-state index in [1.807, 2.05) is 49.2 Å². The Kier molecular flexibility index (Phi) is 20.9. The number of likely N-dealkylation sites (tertiary alicyclic amines) is 1. The molecule has 2 N–H and O–H groups in total. The first kappa shape index (κ1) is 68.8. The molecule has 3 fully saturated rings. The first-order valence-corrected chi connectivity index (χ1v) is 35.4. The molecular weight excluding hydrogens is 1230 g/mol. The topological polar surface area (TPSA) is 243 Å². The second-order valence-corrected chi connectivity index (χ2v) is 31.8. The number of carbonyl (C=O) groups is 7. The van der Waals surface area contributed by atoms with Crippen molar-refractivity contribution in [2.24, 2.45) is 11.3 Å². The summed E-state index contributed by atoms with van der Waals surface area (Å²) in [6.07, 6.45) is 6.43. The molecule has 6 aliphatic rings. The van der Waals surface area contributed by atoms with Crippen LogP contribution in [0.5, 0.6) is 28.7 Å². The summed E-state index contributed by atoms with van der Waals surface area (Å²) in [7, 11) is 1.82. The molecule has 1 unspecified atom stereocenters. The van der Waals surface area contributed by atoms with Crippen LogP contribution in [0.15, 0.2) is 104 Å². The van der Waals surface area contributed by atoms with E-state index in [1.165, 1.54) is 41.1 Å². The first-order valence-electron chi connectivity index (χ1n) is 32.5. The van der Waals surface area contributed by atoms with Gasteiger partial charge in [-0.25, -0.2) is 19.3 Å². The summed E-state index contributed by atoms with van der Waals surface area (Å²) in [5, 5.41) is 5.51. The highest BCUT2D eigenvalue weighted by atomic mass is 28.4. The maximum atomic E-state index is 15.3. The van der Waals surface area contributed by atoms with Crippen molar-refractivity contribution >= 4 is 72.9 Å². The van der Waals surface area contributed by atoms with Crippen LogP contribution in [0.1, 0.15) is 118 Å². The van der Waals surface area contributed by atoms with Gasteiger partial charge in [0.1, 0.15) is 37.7 Å². The molecule has 4 aromatic carbocycles. The minimum absolute atomic E-state index is 0.0118. The fourth-order valence-electron chi connectivity index (χ4n) is 12.7. The molecule has 0 aromatic heterocycles. The smallest absolute Gasteiger partial charge is 0.416 e.